The molecule has 0 saturated heterocycles. The summed E-state index contributed by atoms with van der Waals surface area (Å²) in [7, 11) is 3.71. The first-order chi connectivity index (χ1) is 9.37. The van der Waals surface area contributed by atoms with E-state index in [1.165, 1.54) is 0 Å². The molecule has 0 aliphatic heterocycles. The van der Waals surface area contributed by atoms with Gasteiger partial charge in [0.2, 0.25) is 0 Å². The quantitative estimate of drug-likeness (QED) is 0.268. The van der Waals surface area contributed by atoms with E-state index in [9.17, 15) is 0 Å². The summed E-state index contributed by atoms with van der Waals surface area (Å²) in [5.74, 6) is 0. The lowest BCUT2D eigenvalue weighted by Gasteiger charge is -2.14. The van der Waals surface area contributed by atoms with Crippen molar-refractivity contribution in [1.82, 2.24) is 0 Å². The summed E-state index contributed by atoms with van der Waals surface area (Å²) in [5.41, 5.74) is 3.16. The minimum Gasteiger partial charge on any atom is -0.779 e. The highest BCUT2D eigenvalue weighted by molar-refractivity contribution is 7.84. The zero-order chi connectivity index (χ0) is 15.7. The van der Waals surface area contributed by atoms with Gasteiger partial charge in [-0.05, 0) is 27.7 Å². The van der Waals surface area contributed by atoms with Gasteiger partial charge >= 0.3 is 0 Å². The molecule has 0 heterocycles. The molecule has 0 amide bonds. The van der Waals surface area contributed by atoms with Crippen molar-refractivity contribution < 1.29 is 4.58 Å². The van der Waals surface area contributed by atoms with Crippen LogP contribution in [0.15, 0.2) is 49.9 Å². The Labute approximate surface area is 134 Å². The van der Waals surface area contributed by atoms with Crippen LogP contribution in [0, 0.1) is 0 Å². The van der Waals surface area contributed by atoms with Crippen molar-refractivity contribution in [2.75, 3.05) is 14.1 Å². The molecule has 2 nitrogen and oxygen atoms in total. The SMILES string of the molecule is C/C=C(/C=[N+](C)/C=C(S)\C(C=NC)=C/C)C([S-])=C(C)C. The van der Waals surface area contributed by atoms with E-state index in [-0.39, 0.29) is 0 Å². The first-order valence-corrected chi connectivity index (χ1v) is 7.30. The normalized spacial score (nSPS) is 14.9. The summed E-state index contributed by atoms with van der Waals surface area (Å²) in [5, 5.41) is 0. The van der Waals surface area contributed by atoms with Crippen LogP contribution in [-0.2, 0) is 12.6 Å². The molecule has 4 heteroatoms. The molecule has 0 unspecified atom stereocenters. The van der Waals surface area contributed by atoms with E-state index in [2.05, 4.69) is 17.6 Å². The lowest BCUT2D eigenvalue weighted by molar-refractivity contribution is -0.416. The van der Waals surface area contributed by atoms with Gasteiger partial charge in [-0.2, -0.15) is 4.91 Å². The maximum Gasteiger partial charge on any atom is 0.182 e. The van der Waals surface area contributed by atoms with Crippen molar-refractivity contribution in [2.24, 2.45) is 4.99 Å². The second-order valence-corrected chi connectivity index (χ2v) is 5.40. The van der Waals surface area contributed by atoms with Gasteiger partial charge in [0.25, 0.3) is 0 Å². The van der Waals surface area contributed by atoms with Gasteiger partial charge in [0.05, 0.1) is 4.91 Å². The van der Waals surface area contributed by atoms with Crippen LogP contribution in [-0.4, -0.2) is 31.1 Å². The van der Waals surface area contributed by atoms with Crippen molar-refractivity contribution in [3.8, 4) is 0 Å². The molecule has 0 aliphatic rings. The van der Waals surface area contributed by atoms with Gasteiger partial charge in [-0.25, -0.2) is 4.58 Å². The van der Waals surface area contributed by atoms with Crippen LogP contribution in [0.1, 0.15) is 27.7 Å². The van der Waals surface area contributed by atoms with Gasteiger partial charge < -0.3 is 12.6 Å². The maximum atomic E-state index is 5.41. The highest BCUT2D eigenvalue weighted by Crippen LogP contribution is 2.13. The topological polar surface area (TPSA) is 15.4 Å². The van der Waals surface area contributed by atoms with Gasteiger partial charge in [-0.1, -0.05) is 17.7 Å². The molecule has 0 aromatic rings. The van der Waals surface area contributed by atoms with Crippen LogP contribution in [0.5, 0.6) is 0 Å². The largest absolute Gasteiger partial charge is 0.779 e. The molecule has 0 saturated carbocycles. The number of thiol groups is 1. The Morgan fingerprint density at radius 2 is 1.70 bits per heavy atom. The fraction of sp³-hybridized carbons (Fsp3) is 0.375. The Morgan fingerprint density at radius 3 is 2.10 bits per heavy atom. The first-order valence-electron chi connectivity index (χ1n) is 6.44. The van der Waals surface area contributed by atoms with E-state index in [0.717, 1.165) is 26.5 Å². The highest BCUT2D eigenvalue weighted by Gasteiger charge is 2.02. The second kappa shape index (κ2) is 9.72. The van der Waals surface area contributed by atoms with Crippen LogP contribution < -0.4 is 0 Å². The van der Waals surface area contributed by atoms with Gasteiger partial charge in [-0.3, -0.25) is 4.99 Å². The van der Waals surface area contributed by atoms with Crippen molar-refractivity contribution in [2.45, 2.75) is 27.7 Å². The van der Waals surface area contributed by atoms with E-state index >= 15 is 0 Å². The van der Waals surface area contributed by atoms with E-state index in [4.69, 9.17) is 12.6 Å². The molecule has 0 atom stereocenters. The third-order valence-electron chi connectivity index (χ3n) is 2.57. The standard InChI is InChI=1S/C16H24N2S2/c1-7-13(9-17-5)15(19)11-18(6)10-14(8-2)16(20)12(3)4/h7-11H,1-6H3,(H-,19,20)/b13-7-,14-8-,15-11+,17-9?,18-10+. The van der Waals surface area contributed by atoms with E-state index in [1.54, 1.807) is 13.3 Å². The third-order valence-corrected chi connectivity index (χ3v) is 3.59. The molecular weight excluding hydrogens is 284 g/mol. The predicted molar refractivity (Wildman–Crippen MR) is 97.0 cm³/mol. The molecule has 0 bridgehead atoms. The summed E-state index contributed by atoms with van der Waals surface area (Å²) >= 11 is 9.92. The van der Waals surface area contributed by atoms with Crippen LogP contribution in [0.25, 0.3) is 0 Å². The molecule has 0 radical (unpaired) electrons. The predicted octanol–water partition coefficient (Wildman–Crippen LogP) is 3.90. The molecule has 0 fully saturated rings. The van der Waals surface area contributed by atoms with Crippen LogP contribution in [0.3, 0.4) is 0 Å². The highest BCUT2D eigenvalue weighted by atomic mass is 32.1. The van der Waals surface area contributed by atoms with E-state index in [0.29, 0.717) is 0 Å². The Balaban J connectivity index is 5.42. The Kier molecular flexibility index (Phi) is 9.17. The molecule has 0 spiro atoms. The van der Waals surface area contributed by atoms with E-state index < -0.39 is 0 Å². The average Bonchev–Trinajstić information content (AvgIpc) is 2.40. The molecule has 0 rings (SSSR count). The summed E-state index contributed by atoms with van der Waals surface area (Å²) in [6.45, 7) is 8.00. The lowest BCUT2D eigenvalue weighted by atomic mass is 10.2. The molecule has 0 aromatic carbocycles. The molecule has 0 N–H and O–H groups in total. The zero-order valence-corrected chi connectivity index (χ0v) is 14.8. The summed E-state index contributed by atoms with van der Waals surface area (Å²) in [6, 6.07) is 0. The number of allylic oxidation sites excluding steroid dienone is 5. The number of rotatable bonds is 5. The second-order valence-electron chi connectivity index (χ2n) is 4.51. The van der Waals surface area contributed by atoms with E-state index in [1.807, 2.05) is 63.9 Å². The van der Waals surface area contributed by atoms with Crippen molar-refractivity contribution in [1.29, 1.82) is 0 Å². The maximum absolute atomic E-state index is 5.41. The molecule has 0 aromatic heterocycles. The smallest absolute Gasteiger partial charge is 0.182 e. The van der Waals surface area contributed by atoms with Crippen LogP contribution in [0.2, 0.25) is 0 Å². The first kappa shape index (κ1) is 18.9. The average molecular weight is 309 g/mol. The number of aliphatic imine (C=N–C) groups is 1. The zero-order valence-electron chi connectivity index (χ0n) is 13.1. The number of hydrogen-bond donors (Lipinski definition) is 1. The molecular formula is C16H24N2S2. The van der Waals surface area contributed by atoms with Gasteiger partial charge in [0, 0.05) is 24.4 Å². The number of nitrogens with zero attached hydrogens (tertiary/aromatic N) is 2. The van der Waals surface area contributed by atoms with Gasteiger partial charge in [-0.15, -0.1) is 12.6 Å². The summed E-state index contributed by atoms with van der Waals surface area (Å²) < 4.78 is 1.96. The Bertz CT molecular complexity index is 515. The minimum atomic E-state index is 0.857. The van der Waals surface area contributed by atoms with Crippen LogP contribution >= 0.6 is 12.6 Å². The number of hydrogen-bond acceptors (Lipinski definition) is 3. The molecule has 20 heavy (non-hydrogen) atoms. The lowest BCUT2D eigenvalue weighted by Crippen LogP contribution is -2.04. The fourth-order valence-corrected chi connectivity index (χ4v) is 2.04. The van der Waals surface area contributed by atoms with Crippen molar-refractivity contribution in [3.63, 3.8) is 0 Å². The Morgan fingerprint density at radius 1 is 1.15 bits per heavy atom. The van der Waals surface area contributed by atoms with Crippen LogP contribution in [0.4, 0.5) is 0 Å². The van der Waals surface area contributed by atoms with Crippen molar-refractivity contribution >= 4 is 37.7 Å². The minimum absolute atomic E-state index is 0.857. The third kappa shape index (κ3) is 6.35. The molecule has 0 aliphatic carbocycles. The fourth-order valence-electron chi connectivity index (χ4n) is 1.50. The molecule has 110 valence electrons. The summed E-state index contributed by atoms with van der Waals surface area (Å²) in [4.78, 5) is 5.76. The Hall–Kier alpha value is -1.13. The van der Waals surface area contributed by atoms with Gasteiger partial charge in [0.1, 0.15) is 7.05 Å². The monoisotopic (exact) mass is 308 g/mol. The van der Waals surface area contributed by atoms with Crippen molar-refractivity contribution in [3.05, 3.63) is 44.9 Å². The van der Waals surface area contributed by atoms with Gasteiger partial charge in [0.15, 0.2) is 12.4 Å². The summed E-state index contributed by atoms with van der Waals surface area (Å²) in [6.07, 6.45) is 9.73.